The van der Waals surface area contributed by atoms with Gasteiger partial charge in [0.15, 0.2) is 23.0 Å². The molecule has 51 heavy (non-hydrogen) atoms. The van der Waals surface area contributed by atoms with Crippen LogP contribution in [-0.4, -0.2) is 95.9 Å². The van der Waals surface area contributed by atoms with Gasteiger partial charge in [-0.05, 0) is 92.1 Å². The van der Waals surface area contributed by atoms with Crippen molar-refractivity contribution in [2.45, 2.75) is 82.8 Å². The van der Waals surface area contributed by atoms with Crippen LogP contribution in [0.15, 0.2) is 53.9 Å². The number of likely N-dealkylation sites (N-methyl/N-ethyl adjacent to an activating group) is 1. The Labute approximate surface area is 299 Å². The molecule has 2 heterocycles. The number of methoxy groups -OCH3 is 1. The quantitative estimate of drug-likeness (QED) is 0.0712. The number of carbonyl (C=O) groups is 1. The Morgan fingerprint density at radius 2 is 1.92 bits per heavy atom. The average molecular weight is 715 g/mol. The summed E-state index contributed by atoms with van der Waals surface area (Å²) in [7, 11) is 1.44. The molecule has 1 saturated heterocycles. The van der Waals surface area contributed by atoms with Gasteiger partial charge < -0.3 is 60.8 Å². The third kappa shape index (κ3) is 12.2. The normalized spacial score (nSPS) is 20.7. The highest BCUT2D eigenvalue weighted by Gasteiger charge is 2.31. The van der Waals surface area contributed by atoms with Gasteiger partial charge in [-0.3, -0.25) is 10.1 Å². The van der Waals surface area contributed by atoms with Crippen molar-refractivity contribution in [3.8, 4) is 28.7 Å². The van der Waals surface area contributed by atoms with Gasteiger partial charge in [0.1, 0.15) is 13.3 Å². The summed E-state index contributed by atoms with van der Waals surface area (Å²) < 4.78 is 23.8. The predicted octanol–water partition coefficient (Wildman–Crippen LogP) is 2.79. The van der Waals surface area contributed by atoms with Gasteiger partial charge in [0, 0.05) is 25.6 Å². The number of allylic oxidation sites excluding steroid dienone is 2. The zero-order chi connectivity index (χ0) is 36.9. The summed E-state index contributed by atoms with van der Waals surface area (Å²) in [6.07, 6.45) is 4.22. The number of benzene rings is 2. The lowest BCUT2D eigenvalue weighted by Crippen LogP contribution is -2.42. The predicted molar refractivity (Wildman–Crippen MR) is 191 cm³/mol. The zero-order valence-corrected chi connectivity index (χ0v) is 29.6. The van der Waals surface area contributed by atoms with E-state index in [0.29, 0.717) is 68.9 Å². The van der Waals surface area contributed by atoms with Gasteiger partial charge in [-0.25, -0.2) is 0 Å². The van der Waals surface area contributed by atoms with E-state index in [9.17, 15) is 30.3 Å². The van der Waals surface area contributed by atoms with Crippen LogP contribution < -0.4 is 35.9 Å². The number of aliphatic carboxylic acids is 1. The van der Waals surface area contributed by atoms with E-state index in [2.05, 4.69) is 16.0 Å². The average Bonchev–Trinajstić information content (AvgIpc) is 3.08. The standard InChI is InChI=1S/C37H54N4O10/c1-4-40-29(25(16-36(45)46)11-24-9-10-41-35(38)13-24)20-49-34-15-26(14-33(48-3)37(34)47)31-18-27(43)17-28(51-31)7-5-23-6-8-30(44)32(12-23)50-21-39-19-22(2)42/h6,8-9,12-15,22,25,27-29,31,39-44,47H,4-5,7,10-11,16-21,38H2,1-3H3,(H,45,46). The second-order valence-electron chi connectivity index (χ2n) is 13.2. The molecular formula is C37H54N4O10. The Morgan fingerprint density at radius 1 is 1.14 bits per heavy atom. The molecule has 10 N–H and O–H groups in total. The number of carboxylic acids is 1. The maximum Gasteiger partial charge on any atom is 0.303 e. The van der Waals surface area contributed by atoms with E-state index in [1.165, 1.54) is 7.11 Å². The largest absolute Gasteiger partial charge is 0.504 e. The number of aliphatic hydroxyl groups is 2. The molecule has 1 fully saturated rings. The van der Waals surface area contributed by atoms with Crippen LogP contribution in [0.5, 0.6) is 28.7 Å². The first-order valence-corrected chi connectivity index (χ1v) is 17.5. The van der Waals surface area contributed by atoms with Crippen molar-refractivity contribution < 1.29 is 49.3 Å². The van der Waals surface area contributed by atoms with Gasteiger partial charge in [0.05, 0.1) is 43.8 Å². The Morgan fingerprint density at radius 3 is 2.63 bits per heavy atom. The van der Waals surface area contributed by atoms with Crippen LogP contribution in [0.1, 0.15) is 63.2 Å². The molecule has 0 spiro atoms. The lowest BCUT2D eigenvalue weighted by molar-refractivity contribution is -0.138. The SMILES string of the molecule is CCNC(COc1cc(C2CC(O)CC(CCc3ccc(O)c(OCNCC(C)O)c3)O2)cc(OC)c1O)C(CC(=O)O)CC1=CCNC(N)=C1. The van der Waals surface area contributed by atoms with Crippen LogP contribution >= 0.6 is 0 Å². The number of phenolic OH excluding ortho intramolecular Hbond substituents is 2. The summed E-state index contributed by atoms with van der Waals surface area (Å²) in [6.45, 7) is 5.30. The summed E-state index contributed by atoms with van der Waals surface area (Å²) in [5.74, 6) is -0.239. The van der Waals surface area contributed by atoms with Gasteiger partial charge in [0.2, 0.25) is 5.75 Å². The van der Waals surface area contributed by atoms with E-state index in [0.717, 1.165) is 11.1 Å². The number of nitrogens with two attached hydrogens (primary N) is 1. The number of nitrogens with one attached hydrogen (secondary N) is 3. The maximum atomic E-state index is 11.9. The molecule has 0 saturated carbocycles. The summed E-state index contributed by atoms with van der Waals surface area (Å²) in [6, 6.07) is 8.14. The van der Waals surface area contributed by atoms with Crippen LogP contribution in [0.4, 0.5) is 0 Å². The lowest BCUT2D eigenvalue weighted by Gasteiger charge is -2.34. The molecule has 14 nitrogen and oxygen atoms in total. The molecule has 14 heteroatoms. The van der Waals surface area contributed by atoms with Crippen molar-refractivity contribution in [2.75, 3.05) is 40.1 Å². The number of carboxylic acid groups (broad SMARTS) is 1. The first-order chi connectivity index (χ1) is 24.4. The topological polar surface area (TPSA) is 217 Å². The van der Waals surface area contributed by atoms with Crippen LogP contribution in [0.3, 0.4) is 0 Å². The molecule has 282 valence electrons. The first-order valence-electron chi connectivity index (χ1n) is 17.5. The van der Waals surface area contributed by atoms with Crippen molar-refractivity contribution in [3.05, 3.63) is 65.0 Å². The molecule has 0 amide bonds. The molecule has 2 aromatic rings. The highest BCUT2D eigenvalue weighted by atomic mass is 16.5. The number of aliphatic hydroxyl groups excluding tert-OH is 2. The molecule has 6 unspecified atom stereocenters. The van der Waals surface area contributed by atoms with E-state index in [-0.39, 0.29) is 60.8 Å². The third-order valence-corrected chi connectivity index (χ3v) is 8.98. The summed E-state index contributed by atoms with van der Waals surface area (Å²) in [5, 5.41) is 60.6. The number of ether oxygens (including phenoxy) is 4. The lowest BCUT2D eigenvalue weighted by atomic mass is 9.88. The van der Waals surface area contributed by atoms with Crippen molar-refractivity contribution >= 4 is 5.97 Å². The fourth-order valence-electron chi connectivity index (χ4n) is 6.44. The number of rotatable bonds is 20. The fraction of sp³-hybridized carbons (Fsp3) is 0.541. The second kappa shape index (κ2) is 19.4. The summed E-state index contributed by atoms with van der Waals surface area (Å²) in [5.41, 5.74) is 8.48. The summed E-state index contributed by atoms with van der Waals surface area (Å²) >= 11 is 0. The number of hydrogen-bond acceptors (Lipinski definition) is 13. The first kappa shape index (κ1) is 39.6. The smallest absolute Gasteiger partial charge is 0.303 e. The van der Waals surface area contributed by atoms with E-state index in [1.54, 1.807) is 31.2 Å². The molecular weight excluding hydrogens is 660 g/mol. The Bertz CT molecular complexity index is 1500. The van der Waals surface area contributed by atoms with Crippen molar-refractivity contribution in [1.29, 1.82) is 0 Å². The highest BCUT2D eigenvalue weighted by molar-refractivity contribution is 5.67. The number of dihydropyridines is 1. The monoisotopic (exact) mass is 714 g/mol. The molecule has 0 radical (unpaired) electrons. The number of phenols is 2. The zero-order valence-electron chi connectivity index (χ0n) is 29.6. The molecule has 2 aromatic carbocycles. The number of hydrogen-bond donors (Lipinski definition) is 9. The minimum Gasteiger partial charge on any atom is -0.504 e. The Hall–Kier alpha value is -4.21. The van der Waals surface area contributed by atoms with Crippen molar-refractivity contribution in [1.82, 2.24) is 16.0 Å². The van der Waals surface area contributed by atoms with E-state index < -0.39 is 24.3 Å². The Balaban J connectivity index is 1.45. The van der Waals surface area contributed by atoms with Gasteiger partial charge >= 0.3 is 5.97 Å². The molecule has 2 aliphatic heterocycles. The van der Waals surface area contributed by atoms with Gasteiger partial charge in [-0.1, -0.05) is 19.1 Å². The van der Waals surface area contributed by atoms with Crippen LogP contribution in [-0.2, 0) is 16.0 Å². The third-order valence-electron chi connectivity index (χ3n) is 8.98. The number of aryl methyl sites for hydroxylation is 1. The highest BCUT2D eigenvalue weighted by Crippen LogP contribution is 2.43. The Kier molecular flexibility index (Phi) is 15.1. The van der Waals surface area contributed by atoms with Gasteiger partial charge in [0.25, 0.3) is 0 Å². The van der Waals surface area contributed by atoms with E-state index in [1.807, 2.05) is 25.1 Å². The maximum absolute atomic E-state index is 11.9. The molecule has 0 aromatic heterocycles. The van der Waals surface area contributed by atoms with E-state index in [4.69, 9.17) is 24.7 Å². The van der Waals surface area contributed by atoms with Gasteiger partial charge in [-0.15, -0.1) is 0 Å². The van der Waals surface area contributed by atoms with Crippen LogP contribution in [0.25, 0.3) is 0 Å². The summed E-state index contributed by atoms with van der Waals surface area (Å²) in [4.78, 5) is 11.9. The molecule has 0 bridgehead atoms. The van der Waals surface area contributed by atoms with Crippen molar-refractivity contribution in [2.24, 2.45) is 11.7 Å². The fourth-order valence-corrected chi connectivity index (χ4v) is 6.44. The molecule has 0 aliphatic carbocycles. The molecule has 6 atom stereocenters. The van der Waals surface area contributed by atoms with Crippen LogP contribution in [0, 0.1) is 5.92 Å². The molecule has 4 rings (SSSR count). The minimum absolute atomic E-state index is 0.0111. The number of aromatic hydroxyl groups is 2. The van der Waals surface area contributed by atoms with Crippen molar-refractivity contribution in [3.63, 3.8) is 0 Å². The van der Waals surface area contributed by atoms with E-state index >= 15 is 0 Å². The molecule has 2 aliphatic rings. The van der Waals surface area contributed by atoms with Gasteiger partial charge in [-0.2, -0.15) is 0 Å². The van der Waals surface area contributed by atoms with Crippen LogP contribution in [0.2, 0.25) is 0 Å². The second-order valence-corrected chi connectivity index (χ2v) is 13.2. The minimum atomic E-state index is -0.927.